The zero-order valence-corrected chi connectivity index (χ0v) is 13.4. The molecule has 1 amide bonds. The quantitative estimate of drug-likeness (QED) is 0.739. The van der Waals surface area contributed by atoms with Crippen LogP contribution < -0.4 is 0 Å². The summed E-state index contributed by atoms with van der Waals surface area (Å²) < 4.78 is 0. The largest absolute Gasteiger partial charge is 0.336 e. The Balaban J connectivity index is 2.19. The number of benzene rings is 1. The number of carbonyl (C=O) groups excluding carboxylic acids is 1. The standard InChI is InChI=1S/C17H25NOS/c1-3-13-20-16-11-6-5-10-15(16)17(19)18-12-8-7-9-14(18)4-2/h5-6,10-11,14H,3-4,7-9,12-13H2,1-2H3. The van der Waals surface area contributed by atoms with Crippen LogP contribution in [0.3, 0.4) is 0 Å². The van der Waals surface area contributed by atoms with Gasteiger partial charge in [0.25, 0.3) is 5.91 Å². The minimum Gasteiger partial charge on any atom is -0.336 e. The third-order valence-corrected chi connectivity index (χ3v) is 5.22. The number of hydrogen-bond donors (Lipinski definition) is 0. The van der Waals surface area contributed by atoms with Crippen LogP contribution in [0.15, 0.2) is 29.2 Å². The summed E-state index contributed by atoms with van der Waals surface area (Å²) in [6.45, 7) is 5.29. The second kappa shape index (κ2) is 7.72. The minimum absolute atomic E-state index is 0.232. The van der Waals surface area contributed by atoms with Crippen molar-refractivity contribution < 1.29 is 4.79 Å². The van der Waals surface area contributed by atoms with Gasteiger partial charge in [0.05, 0.1) is 5.56 Å². The molecule has 0 bridgehead atoms. The molecule has 0 N–H and O–H groups in total. The Morgan fingerprint density at radius 1 is 1.30 bits per heavy atom. The molecule has 0 aliphatic carbocycles. The van der Waals surface area contributed by atoms with Gasteiger partial charge in [-0.05, 0) is 50.0 Å². The van der Waals surface area contributed by atoms with Crippen LogP contribution in [0.1, 0.15) is 56.3 Å². The molecule has 1 aliphatic rings. The molecule has 1 saturated heterocycles. The molecule has 20 heavy (non-hydrogen) atoms. The number of carbonyl (C=O) groups is 1. The minimum atomic E-state index is 0.232. The van der Waals surface area contributed by atoms with Gasteiger partial charge in [-0.1, -0.05) is 26.0 Å². The lowest BCUT2D eigenvalue weighted by Crippen LogP contribution is -2.43. The number of nitrogens with zero attached hydrogens (tertiary/aromatic N) is 1. The maximum absolute atomic E-state index is 12.9. The van der Waals surface area contributed by atoms with E-state index in [0.29, 0.717) is 6.04 Å². The summed E-state index contributed by atoms with van der Waals surface area (Å²) in [6.07, 6.45) is 5.76. The Kier molecular flexibility index (Phi) is 5.96. The van der Waals surface area contributed by atoms with E-state index in [1.165, 1.54) is 6.42 Å². The van der Waals surface area contributed by atoms with Crippen molar-refractivity contribution >= 4 is 17.7 Å². The van der Waals surface area contributed by atoms with E-state index >= 15 is 0 Å². The summed E-state index contributed by atoms with van der Waals surface area (Å²) in [5.74, 6) is 1.30. The van der Waals surface area contributed by atoms with Gasteiger partial charge >= 0.3 is 0 Å². The highest BCUT2D eigenvalue weighted by Crippen LogP contribution is 2.27. The first kappa shape index (κ1) is 15.4. The van der Waals surface area contributed by atoms with Crippen molar-refractivity contribution in [1.29, 1.82) is 0 Å². The zero-order chi connectivity index (χ0) is 14.4. The van der Waals surface area contributed by atoms with Crippen molar-refractivity contribution in [3.8, 4) is 0 Å². The van der Waals surface area contributed by atoms with Gasteiger partial charge in [0, 0.05) is 17.5 Å². The van der Waals surface area contributed by atoms with Gasteiger partial charge in [0.2, 0.25) is 0 Å². The van der Waals surface area contributed by atoms with Gasteiger partial charge in [-0.15, -0.1) is 11.8 Å². The fraction of sp³-hybridized carbons (Fsp3) is 0.588. The number of hydrogen-bond acceptors (Lipinski definition) is 2. The molecule has 1 aromatic rings. The molecule has 1 heterocycles. The van der Waals surface area contributed by atoms with Crippen molar-refractivity contribution in [2.45, 2.75) is 56.9 Å². The molecule has 1 aliphatic heterocycles. The second-order valence-corrected chi connectivity index (χ2v) is 6.54. The van der Waals surface area contributed by atoms with Gasteiger partial charge < -0.3 is 4.90 Å². The topological polar surface area (TPSA) is 20.3 Å². The van der Waals surface area contributed by atoms with E-state index in [1.807, 2.05) is 18.2 Å². The lowest BCUT2D eigenvalue weighted by Gasteiger charge is -2.35. The van der Waals surface area contributed by atoms with Gasteiger partial charge in [-0.25, -0.2) is 0 Å². The normalized spacial score (nSPS) is 19.1. The molecule has 1 unspecified atom stereocenters. The number of piperidine rings is 1. The Labute approximate surface area is 126 Å². The maximum atomic E-state index is 12.9. The van der Waals surface area contributed by atoms with Crippen LogP contribution >= 0.6 is 11.8 Å². The van der Waals surface area contributed by atoms with E-state index in [4.69, 9.17) is 0 Å². The second-order valence-electron chi connectivity index (χ2n) is 5.40. The summed E-state index contributed by atoms with van der Waals surface area (Å²) in [5.41, 5.74) is 0.895. The first-order valence-corrected chi connectivity index (χ1v) is 8.79. The van der Waals surface area contributed by atoms with E-state index in [0.717, 1.165) is 48.4 Å². The Bertz CT molecular complexity index is 446. The highest BCUT2D eigenvalue weighted by Gasteiger charge is 2.27. The highest BCUT2D eigenvalue weighted by atomic mass is 32.2. The lowest BCUT2D eigenvalue weighted by molar-refractivity contribution is 0.0604. The molecule has 110 valence electrons. The molecule has 1 aromatic carbocycles. The highest BCUT2D eigenvalue weighted by molar-refractivity contribution is 7.99. The van der Waals surface area contributed by atoms with E-state index in [2.05, 4.69) is 24.8 Å². The van der Waals surface area contributed by atoms with Crippen LogP contribution in [0.5, 0.6) is 0 Å². The fourth-order valence-corrected chi connectivity index (χ4v) is 3.74. The number of amides is 1. The van der Waals surface area contributed by atoms with Crippen LogP contribution in [-0.2, 0) is 0 Å². The zero-order valence-electron chi connectivity index (χ0n) is 12.6. The SMILES string of the molecule is CCCSc1ccccc1C(=O)N1CCCCC1CC. The van der Waals surface area contributed by atoms with Crippen LogP contribution in [0.2, 0.25) is 0 Å². The number of thioether (sulfide) groups is 1. The summed E-state index contributed by atoms with van der Waals surface area (Å²) in [5, 5.41) is 0. The molecular weight excluding hydrogens is 266 g/mol. The number of likely N-dealkylation sites (tertiary alicyclic amines) is 1. The molecule has 1 atom stereocenters. The predicted molar refractivity (Wildman–Crippen MR) is 86.4 cm³/mol. The van der Waals surface area contributed by atoms with Crippen LogP contribution in [0, 0.1) is 0 Å². The van der Waals surface area contributed by atoms with Gasteiger partial charge in [-0.3, -0.25) is 4.79 Å². The first-order chi connectivity index (χ1) is 9.77. The predicted octanol–water partition coefficient (Wildman–Crippen LogP) is 4.59. The summed E-state index contributed by atoms with van der Waals surface area (Å²) in [6, 6.07) is 8.51. The van der Waals surface area contributed by atoms with Crippen LogP contribution in [-0.4, -0.2) is 29.1 Å². The van der Waals surface area contributed by atoms with Crippen LogP contribution in [0.25, 0.3) is 0 Å². The monoisotopic (exact) mass is 291 g/mol. The Hall–Kier alpha value is -0.960. The average Bonchev–Trinajstić information content (AvgIpc) is 2.52. The van der Waals surface area contributed by atoms with Crippen molar-refractivity contribution in [1.82, 2.24) is 4.90 Å². The summed E-state index contributed by atoms with van der Waals surface area (Å²) >= 11 is 1.80. The van der Waals surface area contributed by atoms with Gasteiger partial charge in [0.1, 0.15) is 0 Å². The van der Waals surface area contributed by atoms with Gasteiger partial charge in [-0.2, -0.15) is 0 Å². The molecule has 2 rings (SSSR count). The fourth-order valence-electron chi connectivity index (χ4n) is 2.83. The number of rotatable bonds is 5. The third kappa shape index (κ3) is 3.57. The average molecular weight is 291 g/mol. The maximum Gasteiger partial charge on any atom is 0.255 e. The molecular formula is C17H25NOS. The molecule has 1 fully saturated rings. The molecule has 0 saturated carbocycles. The van der Waals surface area contributed by atoms with Crippen molar-refractivity contribution in [3.05, 3.63) is 29.8 Å². The van der Waals surface area contributed by atoms with E-state index in [9.17, 15) is 4.79 Å². The summed E-state index contributed by atoms with van der Waals surface area (Å²) in [4.78, 5) is 16.1. The van der Waals surface area contributed by atoms with Crippen LogP contribution in [0.4, 0.5) is 0 Å². The lowest BCUT2D eigenvalue weighted by atomic mass is 9.99. The summed E-state index contributed by atoms with van der Waals surface area (Å²) in [7, 11) is 0. The van der Waals surface area contributed by atoms with E-state index < -0.39 is 0 Å². The molecule has 0 aromatic heterocycles. The molecule has 2 nitrogen and oxygen atoms in total. The molecule has 3 heteroatoms. The Morgan fingerprint density at radius 3 is 2.85 bits per heavy atom. The molecule has 0 radical (unpaired) electrons. The Morgan fingerprint density at radius 2 is 2.10 bits per heavy atom. The first-order valence-electron chi connectivity index (χ1n) is 7.80. The van der Waals surface area contributed by atoms with Crippen molar-refractivity contribution in [2.24, 2.45) is 0 Å². The van der Waals surface area contributed by atoms with E-state index in [-0.39, 0.29) is 5.91 Å². The van der Waals surface area contributed by atoms with Crippen molar-refractivity contribution in [2.75, 3.05) is 12.3 Å². The van der Waals surface area contributed by atoms with Gasteiger partial charge in [0.15, 0.2) is 0 Å². The third-order valence-electron chi connectivity index (χ3n) is 3.94. The van der Waals surface area contributed by atoms with E-state index in [1.54, 1.807) is 11.8 Å². The van der Waals surface area contributed by atoms with Crippen molar-refractivity contribution in [3.63, 3.8) is 0 Å². The molecule has 0 spiro atoms. The smallest absolute Gasteiger partial charge is 0.255 e.